The molecule has 4 saturated heterocycles. The number of rotatable bonds is 4. The van der Waals surface area contributed by atoms with E-state index in [0.717, 1.165) is 57.8 Å². The molecule has 230 valence electrons. The zero-order valence-electron chi connectivity index (χ0n) is 24.3. The van der Waals surface area contributed by atoms with E-state index in [1.165, 1.54) is 11.8 Å². The van der Waals surface area contributed by atoms with Crippen molar-refractivity contribution in [3.8, 4) is 0 Å². The van der Waals surface area contributed by atoms with Gasteiger partial charge in [-0.2, -0.15) is 0 Å². The van der Waals surface area contributed by atoms with E-state index in [1.54, 1.807) is 0 Å². The number of amides is 1. The monoisotopic (exact) mass is 585 g/mol. The van der Waals surface area contributed by atoms with Gasteiger partial charge in [0.1, 0.15) is 35.9 Å². The maximum Gasteiger partial charge on any atom is 0.240 e. The van der Waals surface area contributed by atoms with Gasteiger partial charge < -0.3 is 40.2 Å². The molecule has 0 saturated carbocycles. The number of carbonyl (C=O) groups excluding carboxylic acids is 1. The third-order valence-corrected chi connectivity index (χ3v) is 9.52. The van der Waals surface area contributed by atoms with Gasteiger partial charge in [-0.15, -0.1) is 11.8 Å². The molecule has 5 heterocycles. The second kappa shape index (κ2) is 15.6. The molecule has 0 aliphatic carbocycles. The summed E-state index contributed by atoms with van der Waals surface area (Å²) in [5.41, 5.74) is -0.704. The van der Waals surface area contributed by atoms with E-state index in [1.807, 2.05) is 6.08 Å². The fourth-order valence-electron chi connectivity index (χ4n) is 6.04. The van der Waals surface area contributed by atoms with Crippen molar-refractivity contribution in [2.45, 2.75) is 106 Å². The van der Waals surface area contributed by atoms with Gasteiger partial charge in [0.25, 0.3) is 0 Å². The predicted molar refractivity (Wildman–Crippen MR) is 155 cm³/mol. The summed E-state index contributed by atoms with van der Waals surface area (Å²) >= 11 is 1.49. The van der Waals surface area contributed by atoms with Crippen molar-refractivity contribution in [3.63, 3.8) is 0 Å². The summed E-state index contributed by atoms with van der Waals surface area (Å²) in [5, 5.41) is 38.9. The number of fused-ring (bicyclic) bond motifs is 3. The maximum atomic E-state index is 13.4. The van der Waals surface area contributed by atoms with Crippen LogP contribution in [0, 0.1) is 11.8 Å². The van der Waals surface area contributed by atoms with Gasteiger partial charge in [0.05, 0.1) is 25.4 Å². The number of morpholine rings is 1. The minimum absolute atomic E-state index is 0.153. The van der Waals surface area contributed by atoms with Crippen molar-refractivity contribution in [2.24, 2.45) is 11.8 Å². The van der Waals surface area contributed by atoms with E-state index >= 15 is 0 Å². The first kappa shape index (κ1) is 32.2. The minimum Gasteiger partial charge on any atom is -0.388 e. The lowest BCUT2D eigenvalue weighted by Gasteiger charge is -2.45. The highest BCUT2D eigenvalue weighted by Crippen LogP contribution is 2.35. The summed E-state index contributed by atoms with van der Waals surface area (Å²) in [7, 11) is 0. The van der Waals surface area contributed by atoms with Gasteiger partial charge >= 0.3 is 0 Å². The average Bonchev–Trinajstić information content (AvgIpc) is 3.19. The Morgan fingerprint density at radius 1 is 1.02 bits per heavy atom. The summed E-state index contributed by atoms with van der Waals surface area (Å²) in [6.07, 6.45) is 3.67. The normalized spacial score (nSPS) is 41.7. The van der Waals surface area contributed by atoms with Crippen LogP contribution in [0.2, 0.25) is 0 Å². The third kappa shape index (κ3) is 8.64. The molecule has 0 spiro atoms. The van der Waals surface area contributed by atoms with E-state index in [-0.39, 0.29) is 17.3 Å². The molecule has 11 heteroatoms. The summed E-state index contributed by atoms with van der Waals surface area (Å²) in [6.45, 7) is 11.9. The molecule has 4 fully saturated rings. The first-order valence-electron chi connectivity index (χ1n) is 15.2. The summed E-state index contributed by atoms with van der Waals surface area (Å²) in [6, 6.07) is -0.997. The molecule has 10 atom stereocenters. The highest BCUT2D eigenvalue weighted by atomic mass is 32.2. The minimum atomic E-state index is -1.35. The molecule has 0 aromatic heterocycles. The number of aliphatic hydroxyl groups excluding tert-OH is 3. The number of aliphatic hydroxyl groups is 3. The van der Waals surface area contributed by atoms with Gasteiger partial charge in [0.2, 0.25) is 5.91 Å². The fraction of sp³-hybridized carbons (Fsp3) is 0.897. The molecular formula is C29H51N3O7S. The standard InChI is InChI=1S/C25H41N3O7S.C4H10/c29-19-20(30)23-17(27-24(32)18-22-15(13-26-18)5-3-4-10-34-22)7-2-1-6-16(36-25(35-23)21(19)31)14-28-8-11-33-12-9-28;1-4(2)3/h1-2,15-23,25-26,29-31H,3-14H2,(H,27,32);4H,1-3H3/b2-1-;. The van der Waals surface area contributed by atoms with Crippen LogP contribution in [0.4, 0.5) is 0 Å². The zero-order valence-corrected chi connectivity index (χ0v) is 25.1. The van der Waals surface area contributed by atoms with Crippen LogP contribution in [0.15, 0.2) is 12.2 Å². The summed E-state index contributed by atoms with van der Waals surface area (Å²) < 4.78 is 17.7. The smallest absolute Gasteiger partial charge is 0.240 e. The Labute approximate surface area is 243 Å². The zero-order chi connectivity index (χ0) is 28.6. The Balaban J connectivity index is 0.000000867. The lowest BCUT2D eigenvalue weighted by molar-refractivity contribution is -0.205. The largest absolute Gasteiger partial charge is 0.388 e. The van der Waals surface area contributed by atoms with E-state index in [0.29, 0.717) is 32.2 Å². The summed E-state index contributed by atoms with van der Waals surface area (Å²) in [5.74, 6) is 0.982. The van der Waals surface area contributed by atoms with Gasteiger partial charge in [-0.1, -0.05) is 39.3 Å². The molecule has 2 bridgehead atoms. The number of ether oxygens (including phenoxy) is 3. The van der Waals surface area contributed by atoms with E-state index in [2.05, 4.69) is 42.4 Å². The van der Waals surface area contributed by atoms with Crippen molar-refractivity contribution in [1.82, 2.24) is 15.5 Å². The SMILES string of the molecule is CC(C)C.O=C(NC1C/C=C\CC(CN2CCOCC2)SC2OC1C(O)C(O)C2O)C1NCC2CCCCOC21. The lowest BCUT2D eigenvalue weighted by atomic mass is 9.92. The predicted octanol–water partition coefficient (Wildman–Crippen LogP) is 0.882. The molecular weight excluding hydrogens is 534 g/mol. The van der Waals surface area contributed by atoms with Crippen LogP contribution in [-0.4, -0.2) is 125 Å². The molecule has 5 aliphatic rings. The molecule has 0 aromatic rings. The molecule has 5 N–H and O–H groups in total. The molecule has 1 amide bonds. The van der Waals surface area contributed by atoms with Crippen LogP contribution in [-0.2, 0) is 19.0 Å². The number of hydrogen-bond donors (Lipinski definition) is 5. The van der Waals surface area contributed by atoms with Crippen LogP contribution in [0.1, 0.15) is 52.9 Å². The van der Waals surface area contributed by atoms with Gasteiger partial charge in [-0.05, 0) is 37.5 Å². The molecule has 10 unspecified atom stereocenters. The number of nitrogens with zero attached hydrogens (tertiary/aromatic N) is 1. The highest BCUT2D eigenvalue weighted by molar-refractivity contribution is 8.00. The van der Waals surface area contributed by atoms with Gasteiger partial charge in [-0.25, -0.2) is 0 Å². The average molecular weight is 586 g/mol. The van der Waals surface area contributed by atoms with Crippen molar-refractivity contribution < 1.29 is 34.3 Å². The first-order chi connectivity index (χ1) is 19.2. The van der Waals surface area contributed by atoms with Crippen LogP contribution in [0.5, 0.6) is 0 Å². The first-order valence-corrected chi connectivity index (χ1v) is 16.1. The Morgan fingerprint density at radius 3 is 2.50 bits per heavy atom. The Hall–Kier alpha value is -0.760. The van der Waals surface area contributed by atoms with Crippen LogP contribution in [0.3, 0.4) is 0 Å². The maximum absolute atomic E-state index is 13.4. The van der Waals surface area contributed by atoms with Crippen molar-refractivity contribution in [2.75, 3.05) is 46.0 Å². The second-order valence-corrected chi connectivity index (χ2v) is 13.8. The number of thioether (sulfide) groups is 1. The van der Waals surface area contributed by atoms with Crippen molar-refractivity contribution >= 4 is 17.7 Å². The Kier molecular flexibility index (Phi) is 12.6. The molecule has 0 aromatic carbocycles. The Morgan fingerprint density at radius 2 is 1.75 bits per heavy atom. The Bertz CT molecular complexity index is 812. The number of hydrogen-bond acceptors (Lipinski definition) is 10. The van der Waals surface area contributed by atoms with Crippen LogP contribution >= 0.6 is 11.8 Å². The van der Waals surface area contributed by atoms with Gasteiger partial charge in [-0.3, -0.25) is 9.69 Å². The van der Waals surface area contributed by atoms with Crippen LogP contribution < -0.4 is 10.6 Å². The quantitative estimate of drug-likeness (QED) is 0.303. The topological polar surface area (TPSA) is 133 Å². The number of carbonyl (C=O) groups is 1. The van der Waals surface area contributed by atoms with Crippen LogP contribution in [0.25, 0.3) is 0 Å². The third-order valence-electron chi connectivity index (χ3n) is 8.13. The number of allylic oxidation sites excluding steroid dienone is 1. The molecule has 5 rings (SSSR count). The molecule has 0 radical (unpaired) electrons. The van der Waals surface area contributed by atoms with Gasteiger partial charge in [0.15, 0.2) is 0 Å². The molecule has 5 aliphatic heterocycles. The van der Waals surface area contributed by atoms with Crippen molar-refractivity contribution in [1.29, 1.82) is 0 Å². The summed E-state index contributed by atoms with van der Waals surface area (Å²) in [4.78, 5) is 15.7. The number of nitrogens with one attached hydrogen (secondary N) is 2. The fourth-order valence-corrected chi connectivity index (χ4v) is 7.46. The van der Waals surface area contributed by atoms with E-state index in [9.17, 15) is 20.1 Å². The van der Waals surface area contributed by atoms with E-state index < -0.39 is 41.9 Å². The van der Waals surface area contributed by atoms with E-state index in [4.69, 9.17) is 14.2 Å². The van der Waals surface area contributed by atoms with Gasteiger partial charge in [0, 0.05) is 38.0 Å². The highest BCUT2D eigenvalue weighted by Gasteiger charge is 2.49. The molecule has 10 nitrogen and oxygen atoms in total. The lowest BCUT2D eigenvalue weighted by Crippen LogP contribution is -2.64. The second-order valence-electron chi connectivity index (χ2n) is 12.4. The van der Waals surface area contributed by atoms with Crippen molar-refractivity contribution in [3.05, 3.63) is 12.2 Å². The molecule has 40 heavy (non-hydrogen) atoms.